The Kier molecular flexibility index (Phi) is 8.74. The first-order valence-corrected chi connectivity index (χ1v) is 19.3. The number of carbonyl (C=O) groups excluding carboxylic acids is 1. The molecule has 1 unspecified atom stereocenters. The number of nitrogens with zero attached hydrogens (tertiary/aromatic N) is 6. The normalized spacial score (nSPS) is 18.3. The zero-order valence-corrected chi connectivity index (χ0v) is 31.1. The third kappa shape index (κ3) is 6.06. The Bertz CT molecular complexity index is 2830. The lowest BCUT2D eigenvalue weighted by Gasteiger charge is -2.30. The van der Waals surface area contributed by atoms with Gasteiger partial charge < -0.3 is 5.73 Å². The van der Waals surface area contributed by atoms with Gasteiger partial charge in [0.25, 0.3) is 17.9 Å². The molecule has 0 spiro atoms. The van der Waals surface area contributed by atoms with E-state index in [4.69, 9.17) is 33.9 Å². The van der Waals surface area contributed by atoms with Crippen molar-refractivity contribution in [2.45, 2.75) is 43.1 Å². The van der Waals surface area contributed by atoms with Gasteiger partial charge in [0.2, 0.25) is 15.9 Å². The van der Waals surface area contributed by atoms with Crippen molar-refractivity contribution in [1.29, 1.82) is 0 Å². The first kappa shape index (κ1) is 37.8. The largest absolute Gasteiger partial charge is 0.368 e. The molecule has 3 aromatic heterocycles. The lowest BCUT2D eigenvalue weighted by atomic mass is 9.89. The summed E-state index contributed by atoms with van der Waals surface area (Å²) in [6.07, 6.45) is -3.22. The van der Waals surface area contributed by atoms with Crippen molar-refractivity contribution >= 4 is 66.8 Å². The molecule has 0 saturated heterocycles. The SMILES string of the molecule is Cn1nc(NS(C)(=O)=O)c2c(Cl)ccc(-n3c([C@@H](Cc4cc(F)cc(F)c4)C(C(N)=O)n4nc(C(F)F)c5c4C(F)(F)[C@@H]4C[C@H]54)nc4cc(Cl)ccc4c3=O)c21. The number of hydrogen-bond acceptors (Lipinski definition) is 7. The zero-order valence-electron chi connectivity index (χ0n) is 28.7. The maximum Gasteiger partial charge on any atom is 0.293 e. The Morgan fingerprint density at radius 3 is 2.41 bits per heavy atom. The molecular formula is C35H26Cl2F6N8O4S. The molecule has 2 aliphatic rings. The van der Waals surface area contributed by atoms with Gasteiger partial charge in [-0.2, -0.15) is 19.0 Å². The second-order valence-corrected chi connectivity index (χ2v) is 16.4. The molecule has 0 aliphatic heterocycles. The summed E-state index contributed by atoms with van der Waals surface area (Å²) in [5.41, 5.74) is 2.45. The third-order valence-corrected chi connectivity index (χ3v) is 11.2. The molecule has 1 fully saturated rings. The number of sulfonamides is 1. The number of benzene rings is 3. The van der Waals surface area contributed by atoms with E-state index in [-0.39, 0.29) is 55.3 Å². The lowest BCUT2D eigenvalue weighted by Crippen LogP contribution is -2.39. The zero-order chi connectivity index (χ0) is 40.3. The molecule has 8 rings (SSSR count). The van der Waals surface area contributed by atoms with Crippen molar-refractivity contribution in [3.63, 3.8) is 0 Å². The molecule has 56 heavy (non-hydrogen) atoms. The van der Waals surface area contributed by atoms with E-state index in [1.54, 1.807) is 0 Å². The van der Waals surface area contributed by atoms with Gasteiger partial charge in [-0.05, 0) is 66.8 Å². The molecule has 292 valence electrons. The van der Waals surface area contributed by atoms with Crippen LogP contribution in [0.3, 0.4) is 0 Å². The van der Waals surface area contributed by atoms with Gasteiger partial charge in [0.1, 0.15) is 34.9 Å². The van der Waals surface area contributed by atoms with Gasteiger partial charge in [0.05, 0.1) is 44.7 Å². The molecule has 1 saturated carbocycles. The molecular weight excluding hydrogens is 813 g/mol. The predicted octanol–water partition coefficient (Wildman–Crippen LogP) is 6.62. The molecule has 1 amide bonds. The standard InChI is InChI=1S/C35H26Cl2F6N8O4S/c1-49-28-23(6-5-21(37)25(28)32(47-49)48-56(2,54)55)50-33(45-22-10-14(36)3-4-17(22)34(50)53)19(9-13-7-15(38)11-16(39)8-13)27(31(44)52)51-29-24(26(46-51)30(40)41)18-12-20(18)35(29,42)43/h3-8,10-11,18-20,27,30H,9,12H2,1-2H3,(H2,44,52)(H,47,48)/t18-,19-,20+,27?/m0/s1. The summed E-state index contributed by atoms with van der Waals surface area (Å²) in [4.78, 5) is 33.3. The van der Waals surface area contributed by atoms with Crippen LogP contribution in [0.4, 0.5) is 32.2 Å². The summed E-state index contributed by atoms with van der Waals surface area (Å²) in [5, 5.41) is 8.14. The molecule has 3 N–H and O–H groups in total. The number of aryl methyl sites for hydroxylation is 1. The number of alkyl halides is 4. The Labute approximate surface area is 321 Å². The Morgan fingerprint density at radius 1 is 1.07 bits per heavy atom. The number of amides is 1. The number of hydrogen-bond donors (Lipinski definition) is 2. The molecule has 3 heterocycles. The third-order valence-electron chi connectivity index (χ3n) is 10.1. The highest BCUT2D eigenvalue weighted by Crippen LogP contribution is 2.68. The fourth-order valence-electron chi connectivity index (χ4n) is 7.87. The Hall–Kier alpha value is -5.14. The highest BCUT2D eigenvalue weighted by Gasteiger charge is 2.67. The lowest BCUT2D eigenvalue weighted by molar-refractivity contribution is -0.122. The van der Waals surface area contributed by atoms with Crippen LogP contribution in [0.15, 0.2) is 53.3 Å². The Morgan fingerprint density at radius 2 is 1.77 bits per heavy atom. The summed E-state index contributed by atoms with van der Waals surface area (Å²) in [5.74, 6) is -12.0. The fraction of sp³-hybridized carbons (Fsp3) is 0.286. The van der Waals surface area contributed by atoms with Gasteiger partial charge in [-0.1, -0.05) is 23.2 Å². The van der Waals surface area contributed by atoms with E-state index >= 15 is 8.78 Å². The fourth-order valence-corrected chi connectivity index (χ4v) is 8.78. The number of anilines is 1. The number of carbonyl (C=O) groups is 1. The molecule has 0 bridgehead atoms. The van der Waals surface area contributed by atoms with Crippen LogP contribution in [0.1, 0.15) is 59.1 Å². The van der Waals surface area contributed by atoms with E-state index in [0.29, 0.717) is 10.7 Å². The van der Waals surface area contributed by atoms with Gasteiger partial charge >= 0.3 is 0 Å². The second kappa shape index (κ2) is 13.0. The monoisotopic (exact) mass is 838 g/mol. The molecule has 0 radical (unpaired) electrons. The van der Waals surface area contributed by atoms with Crippen molar-refractivity contribution in [2.24, 2.45) is 18.7 Å². The predicted molar refractivity (Wildman–Crippen MR) is 193 cm³/mol. The highest BCUT2D eigenvalue weighted by atomic mass is 35.5. The maximum absolute atomic E-state index is 16.1. The number of nitrogens with one attached hydrogen (secondary N) is 1. The second-order valence-electron chi connectivity index (χ2n) is 13.8. The average molecular weight is 840 g/mol. The first-order chi connectivity index (χ1) is 26.3. The topological polar surface area (TPSA) is 160 Å². The van der Waals surface area contributed by atoms with Crippen LogP contribution in [0, 0.1) is 17.6 Å². The van der Waals surface area contributed by atoms with Crippen molar-refractivity contribution in [1.82, 2.24) is 29.1 Å². The minimum Gasteiger partial charge on any atom is -0.368 e. The summed E-state index contributed by atoms with van der Waals surface area (Å²) in [6, 6.07) is 6.87. The van der Waals surface area contributed by atoms with Crippen LogP contribution in [0.25, 0.3) is 27.5 Å². The summed E-state index contributed by atoms with van der Waals surface area (Å²) in [6.45, 7) is 0. The van der Waals surface area contributed by atoms with E-state index in [1.165, 1.54) is 42.1 Å². The average Bonchev–Trinajstić information content (AvgIpc) is 3.61. The first-order valence-electron chi connectivity index (χ1n) is 16.6. The molecule has 4 atom stereocenters. The number of halogens is 8. The van der Waals surface area contributed by atoms with Gasteiger partial charge in [-0.15, -0.1) is 0 Å². The number of rotatable bonds is 10. The van der Waals surface area contributed by atoms with Crippen LogP contribution >= 0.6 is 23.2 Å². The number of primary amides is 1. The molecule has 3 aromatic carbocycles. The van der Waals surface area contributed by atoms with Crippen molar-refractivity contribution < 1.29 is 39.6 Å². The molecule has 21 heteroatoms. The van der Waals surface area contributed by atoms with E-state index in [2.05, 4.69) is 14.9 Å². The minimum atomic E-state index is -3.94. The van der Waals surface area contributed by atoms with E-state index < -0.39 is 98.5 Å². The van der Waals surface area contributed by atoms with E-state index in [9.17, 15) is 35.6 Å². The molecule has 12 nitrogen and oxygen atoms in total. The van der Waals surface area contributed by atoms with Crippen molar-refractivity contribution in [2.75, 3.05) is 11.0 Å². The number of aromatic nitrogens is 6. The van der Waals surface area contributed by atoms with Crippen molar-refractivity contribution in [3.05, 3.63) is 109 Å². The van der Waals surface area contributed by atoms with Crippen molar-refractivity contribution in [3.8, 4) is 5.69 Å². The van der Waals surface area contributed by atoms with Crippen LogP contribution < -0.4 is 16.0 Å². The number of nitrogens with two attached hydrogens (primary N) is 1. The molecule has 6 aromatic rings. The van der Waals surface area contributed by atoms with Gasteiger partial charge in [0, 0.05) is 29.6 Å². The van der Waals surface area contributed by atoms with Crippen LogP contribution in [0.5, 0.6) is 0 Å². The van der Waals surface area contributed by atoms with E-state index in [0.717, 1.165) is 23.0 Å². The quantitative estimate of drug-likeness (QED) is 0.147. The van der Waals surface area contributed by atoms with Crippen LogP contribution in [-0.4, -0.2) is 49.7 Å². The smallest absolute Gasteiger partial charge is 0.293 e. The summed E-state index contributed by atoms with van der Waals surface area (Å²) < 4.78 is 120. The summed E-state index contributed by atoms with van der Waals surface area (Å²) in [7, 11) is -2.54. The number of fused-ring (bicyclic) bond motifs is 5. The van der Waals surface area contributed by atoms with Gasteiger partial charge in [0.15, 0.2) is 5.82 Å². The van der Waals surface area contributed by atoms with Crippen LogP contribution in [-0.2, 0) is 34.2 Å². The van der Waals surface area contributed by atoms with Gasteiger partial charge in [-0.3, -0.25) is 23.6 Å². The minimum absolute atomic E-state index is 0.00619. The molecule has 2 aliphatic carbocycles. The van der Waals surface area contributed by atoms with Gasteiger partial charge in [-0.25, -0.2) is 35.6 Å². The Balaban J connectivity index is 1.49. The highest BCUT2D eigenvalue weighted by molar-refractivity contribution is 7.92. The summed E-state index contributed by atoms with van der Waals surface area (Å²) >= 11 is 12.9. The maximum atomic E-state index is 16.1. The van der Waals surface area contributed by atoms with Crippen LogP contribution in [0.2, 0.25) is 10.0 Å². The van der Waals surface area contributed by atoms with E-state index in [1.807, 2.05) is 0 Å².